The highest BCUT2D eigenvalue weighted by Crippen LogP contribution is 2.19. The number of rotatable bonds is 3. The molecule has 0 atom stereocenters. The van der Waals surface area contributed by atoms with Crippen LogP contribution in [-0.4, -0.2) is 34.5 Å². The molecule has 0 amide bonds. The van der Waals surface area contributed by atoms with Crippen LogP contribution in [0.2, 0.25) is 0 Å². The van der Waals surface area contributed by atoms with Gasteiger partial charge in [0.15, 0.2) is 11.6 Å². The van der Waals surface area contributed by atoms with E-state index in [1.165, 1.54) is 0 Å². The minimum atomic E-state index is 0.663. The highest BCUT2D eigenvalue weighted by atomic mass is 16.5. The zero-order valence-corrected chi connectivity index (χ0v) is 11.7. The molecule has 0 aliphatic heterocycles. The SMILES string of the molecule is CC#COc1ccccc1/C(=N/N(C)C)n1ccnc1. The number of hydrazone groups is 1. The van der Waals surface area contributed by atoms with Crippen molar-refractivity contribution in [3.05, 3.63) is 48.5 Å². The van der Waals surface area contributed by atoms with E-state index in [0.29, 0.717) is 5.75 Å². The molecular weight excluding hydrogens is 252 g/mol. The Morgan fingerprint density at radius 2 is 2.15 bits per heavy atom. The molecule has 0 bridgehead atoms. The van der Waals surface area contributed by atoms with Crippen LogP contribution < -0.4 is 4.74 Å². The van der Waals surface area contributed by atoms with E-state index in [2.05, 4.69) is 22.1 Å². The molecule has 0 saturated heterocycles. The van der Waals surface area contributed by atoms with E-state index in [9.17, 15) is 0 Å². The number of benzene rings is 1. The number of ether oxygens (including phenoxy) is 1. The average Bonchev–Trinajstić information content (AvgIpc) is 2.97. The van der Waals surface area contributed by atoms with Gasteiger partial charge in [0.05, 0.1) is 5.56 Å². The van der Waals surface area contributed by atoms with Gasteiger partial charge >= 0.3 is 0 Å². The molecule has 1 heterocycles. The van der Waals surface area contributed by atoms with Crippen LogP contribution >= 0.6 is 0 Å². The van der Waals surface area contributed by atoms with Crippen molar-refractivity contribution < 1.29 is 4.74 Å². The summed E-state index contributed by atoms with van der Waals surface area (Å²) >= 11 is 0. The summed E-state index contributed by atoms with van der Waals surface area (Å²) in [4.78, 5) is 4.06. The maximum atomic E-state index is 5.45. The third kappa shape index (κ3) is 3.18. The Kier molecular flexibility index (Phi) is 4.40. The molecule has 0 N–H and O–H groups in total. The summed E-state index contributed by atoms with van der Waals surface area (Å²) in [6, 6.07) is 7.64. The fraction of sp³-hybridized carbons (Fsp3) is 0.200. The molecule has 102 valence electrons. The quantitative estimate of drug-likeness (QED) is 0.370. The van der Waals surface area contributed by atoms with Gasteiger partial charge in [-0.05, 0) is 12.1 Å². The smallest absolute Gasteiger partial charge is 0.169 e. The Balaban J connectivity index is 2.51. The van der Waals surface area contributed by atoms with Crippen LogP contribution in [0.3, 0.4) is 0 Å². The van der Waals surface area contributed by atoms with Crippen molar-refractivity contribution in [2.45, 2.75) is 6.92 Å². The molecule has 0 fully saturated rings. The van der Waals surface area contributed by atoms with Gasteiger partial charge in [0.2, 0.25) is 0 Å². The molecular formula is C15H16N4O. The summed E-state index contributed by atoms with van der Waals surface area (Å²) < 4.78 is 7.29. The number of nitrogens with zero attached hydrogens (tertiary/aromatic N) is 4. The standard InChI is InChI=1S/C15H16N4O/c1-4-11-20-14-8-6-5-7-13(14)15(17-18(2)3)19-10-9-16-12-19/h5-10,12H,1-3H3/b17-15-. The first-order valence-electron chi connectivity index (χ1n) is 6.14. The first kappa shape index (κ1) is 13.7. The van der Waals surface area contributed by atoms with Crippen molar-refractivity contribution in [3.8, 4) is 17.8 Å². The molecule has 2 aromatic rings. The number of para-hydroxylation sites is 1. The predicted molar refractivity (Wildman–Crippen MR) is 78.4 cm³/mol. The zero-order valence-electron chi connectivity index (χ0n) is 11.7. The lowest BCUT2D eigenvalue weighted by atomic mass is 10.2. The van der Waals surface area contributed by atoms with Crippen molar-refractivity contribution >= 4 is 5.84 Å². The van der Waals surface area contributed by atoms with Gasteiger partial charge in [0.25, 0.3) is 0 Å². The van der Waals surface area contributed by atoms with Crippen molar-refractivity contribution in [1.29, 1.82) is 0 Å². The minimum absolute atomic E-state index is 0.663. The van der Waals surface area contributed by atoms with Crippen LogP contribution in [0.25, 0.3) is 0 Å². The van der Waals surface area contributed by atoms with Crippen LogP contribution in [0.4, 0.5) is 0 Å². The maximum Gasteiger partial charge on any atom is 0.169 e. The van der Waals surface area contributed by atoms with Gasteiger partial charge in [0.1, 0.15) is 12.4 Å². The minimum Gasteiger partial charge on any atom is -0.407 e. The maximum absolute atomic E-state index is 5.45. The summed E-state index contributed by atoms with van der Waals surface area (Å²) in [5.74, 6) is 4.10. The van der Waals surface area contributed by atoms with Gasteiger partial charge < -0.3 is 9.75 Å². The fourth-order valence-corrected chi connectivity index (χ4v) is 1.66. The molecule has 5 heteroatoms. The molecule has 0 unspecified atom stereocenters. The van der Waals surface area contributed by atoms with E-state index in [1.807, 2.05) is 49.1 Å². The van der Waals surface area contributed by atoms with Gasteiger partial charge in [-0.3, -0.25) is 4.57 Å². The second-order valence-corrected chi connectivity index (χ2v) is 4.19. The van der Waals surface area contributed by atoms with E-state index >= 15 is 0 Å². The normalized spacial score (nSPS) is 10.7. The highest BCUT2D eigenvalue weighted by Gasteiger charge is 2.12. The molecule has 1 aromatic carbocycles. The van der Waals surface area contributed by atoms with E-state index in [1.54, 1.807) is 24.5 Å². The molecule has 0 saturated carbocycles. The largest absolute Gasteiger partial charge is 0.407 e. The topological polar surface area (TPSA) is 42.6 Å². The van der Waals surface area contributed by atoms with Crippen molar-refractivity contribution in [2.75, 3.05) is 14.1 Å². The summed E-state index contributed by atoms with van der Waals surface area (Å²) in [5.41, 5.74) is 0.849. The van der Waals surface area contributed by atoms with Gasteiger partial charge in [-0.2, -0.15) is 5.10 Å². The molecule has 0 spiro atoms. The molecule has 0 aliphatic rings. The van der Waals surface area contributed by atoms with Gasteiger partial charge in [-0.25, -0.2) is 4.98 Å². The van der Waals surface area contributed by atoms with Crippen LogP contribution in [0.15, 0.2) is 48.1 Å². The Bertz CT molecular complexity index is 648. The second-order valence-electron chi connectivity index (χ2n) is 4.19. The monoisotopic (exact) mass is 268 g/mol. The molecule has 1 aromatic heterocycles. The Labute approximate surface area is 118 Å². The summed E-state index contributed by atoms with van der Waals surface area (Å²) in [6.07, 6.45) is 7.86. The van der Waals surface area contributed by atoms with Crippen molar-refractivity contribution in [2.24, 2.45) is 5.10 Å². The van der Waals surface area contributed by atoms with Crippen molar-refractivity contribution in [1.82, 2.24) is 14.6 Å². The van der Waals surface area contributed by atoms with Crippen LogP contribution in [0.1, 0.15) is 12.5 Å². The fourth-order valence-electron chi connectivity index (χ4n) is 1.66. The lowest BCUT2D eigenvalue weighted by Crippen LogP contribution is -2.17. The van der Waals surface area contributed by atoms with E-state index < -0.39 is 0 Å². The van der Waals surface area contributed by atoms with Gasteiger partial charge in [-0.1, -0.05) is 18.1 Å². The molecule has 0 radical (unpaired) electrons. The molecule has 2 rings (SSSR count). The third-order valence-electron chi connectivity index (χ3n) is 2.43. The van der Waals surface area contributed by atoms with Crippen LogP contribution in [-0.2, 0) is 0 Å². The lowest BCUT2D eigenvalue weighted by molar-refractivity contribution is 0.435. The van der Waals surface area contributed by atoms with Gasteiger partial charge in [-0.15, -0.1) is 0 Å². The summed E-state index contributed by atoms with van der Waals surface area (Å²) in [7, 11) is 3.73. The first-order chi connectivity index (χ1) is 9.72. The number of imidazole rings is 1. The second kappa shape index (κ2) is 6.43. The Morgan fingerprint density at radius 3 is 2.80 bits per heavy atom. The average molecular weight is 268 g/mol. The number of hydrogen-bond donors (Lipinski definition) is 0. The zero-order chi connectivity index (χ0) is 14.4. The molecule has 20 heavy (non-hydrogen) atoms. The van der Waals surface area contributed by atoms with Crippen LogP contribution in [0.5, 0.6) is 5.75 Å². The van der Waals surface area contributed by atoms with Crippen molar-refractivity contribution in [3.63, 3.8) is 0 Å². The Morgan fingerprint density at radius 1 is 1.35 bits per heavy atom. The first-order valence-corrected chi connectivity index (χ1v) is 6.14. The number of hydrogen-bond acceptors (Lipinski definition) is 4. The third-order valence-corrected chi connectivity index (χ3v) is 2.43. The van der Waals surface area contributed by atoms with E-state index in [0.717, 1.165) is 11.4 Å². The molecule has 0 aliphatic carbocycles. The highest BCUT2D eigenvalue weighted by molar-refractivity contribution is 6.02. The Hall–Kier alpha value is -2.74. The predicted octanol–water partition coefficient (Wildman–Crippen LogP) is 2.01. The van der Waals surface area contributed by atoms with Gasteiger partial charge in [0, 0.05) is 33.4 Å². The summed E-state index contributed by atoms with van der Waals surface area (Å²) in [6.45, 7) is 1.73. The van der Waals surface area contributed by atoms with Crippen LogP contribution in [0, 0.1) is 12.0 Å². The van der Waals surface area contributed by atoms with E-state index in [4.69, 9.17) is 4.74 Å². The number of aromatic nitrogens is 2. The lowest BCUT2D eigenvalue weighted by Gasteiger charge is -2.13. The molecule has 5 nitrogen and oxygen atoms in total. The van der Waals surface area contributed by atoms with E-state index in [-0.39, 0.29) is 0 Å². The summed E-state index contributed by atoms with van der Waals surface area (Å²) in [5, 5.41) is 6.24.